The fourth-order valence-electron chi connectivity index (χ4n) is 12.3. The Hall–Kier alpha value is -5.86. The van der Waals surface area contributed by atoms with Gasteiger partial charge in [-0.3, -0.25) is 0 Å². The SMILES string of the molecule is CC1CCC(c2ccc(N(c3ccccc3)c3ccccc3)cc2)(c2ccc(N(c3ccc(C4CC5CCC4C5)cc3)c3ccc4c(c3)C(C)(C)c3ccccc3-4)cc2)CC1. The van der Waals surface area contributed by atoms with Crippen LogP contribution >= 0.6 is 0 Å². The largest absolute Gasteiger partial charge is 0.311 e. The molecule has 0 radical (unpaired) electrons. The highest BCUT2D eigenvalue weighted by Crippen LogP contribution is 2.54. The molecule has 61 heavy (non-hydrogen) atoms. The lowest BCUT2D eigenvalue weighted by atomic mass is 9.63. The third kappa shape index (κ3) is 6.62. The molecule has 2 nitrogen and oxygen atoms in total. The summed E-state index contributed by atoms with van der Waals surface area (Å²) >= 11 is 0. The van der Waals surface area contributed by atoms with Crippen molar-refractivity contribution in [3.8, 4) is 11.1 Å². The van der Waals surface area contributed by atoms with Crippen molar-refractivity contribution >= 4 is 34.1 Å². The van der Waals surface area contributed by atoms with Crippen LogP contribution in [-0.2, 0) is 10.8 Å². The number of hydrogen-bond donors (Lipinski definition) is 0. The lowest BCUT2D eigenvalue weighted by Gasteiger charge is -2.41. The van der Waals surface area contributed by atoms with Gasteiger partial charge in [-0.15, -0.1) is 0 Å². The molecular formula is C59H58N2. The molecule has 2 bridgehead atoms. The first-order valence-corrected chi connectivity index (χ1v) is 23.1. The van der Waals surface area contributed by atoms with Gasteiger partial charge in [-0.05, 0) is 180 Å². The molecule has 0 aromatic heterocycles. The Balaban J connectivity index is 0.968. The van der Waals surface area contributed by atoms with E-state index in [1.165, 1.54) is 112 Å². The van der Waals surface area contributed by atoms with Gasteiger partial charge in [0.2, 0.25) is 0 Å². The Bertz CT molecular complexity index is 2590. The summed E-state index contributed by atoms with van der Waals surface area (Å²) in [4.78, 5) is 4.88. The first kappa shape index (κ1) is 38.1. The van der Waals surface area contributed by atoms with E-state index in [9.17, 15) is 0 Å². The summed E-state index contributed by atoms with van der Waals surface area (Å²) in [5.74, 6) is 3.28. The molecule has 3 atom stereocenters. The second-order valence-electron chi connectivity index (χ2n) is 19.5. The Morgan fingerprint density at radius 3 is 1.49 bits per heavy atom. The number of benzene rings is 7. The number of rotatable bonds is 9. The van der Waals surface area contributed by atoms with E-state index in [0.717, 1.165) is 36.5 Å². The Kier molecular flexibility index (Phi) is 9.52. The first-order chi connectivity index (χ1) is 29.9. The van der Waals surface area contributed by atoms with E-state index in [-0.39, 0.29) is 10.8 Å². The molecule has 7 aromatic carbocycles. The second kappa shape index (κ2) is 15.2. The molecule has 0 aliphatic heterocycles. The van der Waals surface area contributed by atoms with Crippen molar-refractivity contribution in [3.63, 3.8) is 0 Å². The molecule has 304 valence electrons. The summed E-state index contributed by atoms with van der Waals surface area (Å²) < 4.78 is 0. The van der Waals surface area contributed by atoms with Crippen LogP contribution < -0.4 is 9.80 Å². The topological polar surface area (TPSA) is 6.48 Å². The zero-order valence-corrected chi connectivity index (χ0v) is 36.1. The summed E-state index contributed by atoms with van der Waals surface area (Å²) in [7, 11) is 0. The van der Waals surface area contributed by atoms with Crippen LogP contribution in [0.4, 0.5) is 34.1 Å². The molecule has 3 fully saturated rings. The van der Waals surface area contributed by atoms with Crippen LogP contribution in [-0.4, -0.2) is 0 Å². The fourth-order valence-corrected chi connectivity index (χ4v) is 12.3. The number of hydrogen-bond acceptors (Lipinski definition) is 2. The molecule has 11 rings (SSSR count). The van der Waals surface area contributed by atoms with Crippen LogP contribution in [0.5, 0.6) is 0 Å². The maximum atomic E-state index is 2.51. The normalized spacial score (nSPS) is 23.3. The maximum absolute atomic E-state index is 2.51. The smallest absolute Gasteiger partial charge is 0.0465 e. The van der Waals surface area contributed by atoms with E-state index in [4.69, 9.17) is 0 Å². The van der Waals surface area contributed by atoms with Crippen molar-refractivity contribution in [2.45, 2.75) is 88.9 Å². The van der Waals surface area contributed by atoms with Gasteiger partial charge in [0.15, 0.2) is 0 Å². The second-order valence-corrected chi connectivity index (χ2v) is 19.5. The monoisotopic (exact) mass is 794 g/mol. The highest BCUT2D eigenvalue weighted by molar-refractivity contribution is 5.85. The standard InChI is InChI=1S/C59H58N2/c1-41-34-36-59(37-35-41,45-22-28-50(29-23-45)60(47-12-6-4-7-13-47)48-14-8-5-9-15-48)46-24-30-51(31-25-46)61(49-26-20-43(21-27-49)55-39-42-18-19-44(55)38-42)52-32-33-54-53-16-10-11-17-56(53)58(2,3)57(54)40-52/h4-17,20-33,40-42,44,55H,18-19,34-39H2,1-3H3. The van der Waals surface area contributed by atoms with Crippen LogP contribution in [0.1, 0.15) is 106 Å². The molecular weight excluding hydrogens is 737 g/mol. The average molecular weight is 795 g/mol. The van der Waals surface area contributed by atoms with E-state index >= 15 is 0 Å². The van der Waals surface area contributed by atoms with E-state index < -0.39 is 0 Å². The third-order valence-electron chi connectivity index (χ3n) is 15.7. The highest BCUT2D eigenvalue weighted by Gasteiger charge is 2.41. The number of anilines is 6. The molecule has 7 aromatic rings. The summed E-state index contributed by atoms with van der Waals surface area (Å²) in [6, 6.07) is 66.7. The minimum absolute atomic E-state index is 0.0373. The Morgan fingerprint density at radius 1 is 0.443 bits per heavy atom. The minimum Gasteiger partial charge on any atom is -0.311 e. The fraction of sp³-hybridized carbons (Fsp3) is 0.288. The van der Waals surface area contributed by atoms with Crippen LogP contribution in [0, 0.1) is 17.8 Å². The van der Waals surface area contributed by atoms with Gasteiger partial charge in [-0.25, -0.2) is 0 Å². The summed E-state index contributed by atoms with van der Waals surface area (Å²) in [6.07, 6.45) is 10.4. The molecule has 0 heterocycles. The Labute approximate surface area is 363 Å². The molecule has 0 N–H and O–H groups in total. The van der Waals surface area contributed by atoms with Gasteiger partial charge in [-0.1, -0.05) is 130 Å². The van der Waals surface area contributed by atoms with Crippen LogP contribution in [0.2, 0.25) is 0 Å². The van der Waals surface area contributed by atoms with Crippen molar-refractivity contribution in [2.75, 3.05) is 9.80 Å². The molecule has 0 spiro atoms. The number of fused-ring (bicyclic) bond motifs is 5. The summed E-state index contributed by atoms with van der Waals surface area (Å²) in [5.41, 5.74) is 17.0. The Morgan fingerprint density at radius 2 is 0.934 bits per heavy atom. The maximum Gasteiger partial charge on any atom is 0.0465 e. The van der Waals surface area contributed by atoms with Gasteiger partial charge in [0.25, 0.3) is 0 Å². The van der Waals surface area contributed by atoms with Crippen molar-refractivity contribution in [3.05, 3.63) is 204 Å². The molecule has 2 heteroatoms. The summed E-state index contributed by atoms with van der Waals surface area (Å²) in [5, 5.41) is 0. The lowest BCUT2D eigenvalue weighted by molar-refractivity contribution is 0.280. The van der Waals surface area contributed by atoms with Gasteiger partial charge in [0.1, 0.15) is 0 Å². The lowest BCUT2D eigenvalue weighted by Crippen LogP contribution is -2.32. The highest BCUT2D eigenvalue weighted by atomic mass is 15.1. The molecule has 4 aliphatic rings. The first-order valence-electron chi connectivity index (χ1n) is 23.1. The molecule has 0 saturated heterocycles. The predicted octanol–water partition coefficient (Wildman–Crippen LogP) is 16.3. The van der Waals surface area contributed by atoms with Crippen molar-refractivity contribution in [2.24, 2.45) is 17.8 Å². The van der Waals surface area contributed by atoms with Gasteiger partial charge in [-0.2, -0.15) is 0 Å². The average Bonchev–Trinajstić information content (AvgIpc) is 4.01. The van der Waals surface area contributed by atoms with Gasteiger partial charge < -0.3 is 9.80 Å². The number of nitrogens with zero attached hydrogens (tertiary/aromatic N) is 2. The van der Waals surface area contributed by atoms with E-state index in [2.05, 4.69) is 206 Å². The zero-order valence-electron chi connectivity index (χ0n) is 36.1. The quantitative estimate of drug-likeness (QED) is 0.144. The molecule has 4 aliphatic carbocycles. The molecule has 3 saturated carbocycles. The van der Waals surface area contributed by atoms with Crippen molar-refractivity contribution in [1.29, 1.82) is 0 Å². The van der Waals surface area contributed by atoms with Crippen LogP contribution in [0.15, 0.2) is 176 Å². The van der Waals surface area contributed by atoms with E-state index in [1.807, 2.05) is 0 Å². The van der Waals surface area contributed by atoms with E-state index in [1.54, 1.807) is 0 Å². The third-order valence-corrected chi connectivity index (χ3v) is 15.7. The van der Waals surface area contributed by atoms with E-state index in [0.29, 0.717) is 0 Å². The van der Waals surface area contributed by atoms with Gasteiger partial charge in [0, 0.05) is 45.0 Å². The molecule has 0 amide bonds. The van der Waals surface area contributed by atoms with Crippen LogP contribution in [0.25, 0.3) is 11.1 Å². The van der Waals surface area contributed by atoms with Gasteiger partial charge in [0.05, 0.1) is 0 Å². The summed E-state index contributed by atoms with van der Waals surface area (Å²) in [6.45, 7) is 7.22. The number of para-hydroxylation sites is 2. The van der Waals surface area contributed by atoms with Crippen LogP contribution in [0.3, 0.4) is 0 Å². The predicted molar refractivity (Wildman–Crippen MR) is 256 cm³/mol. The zero-order chi connectivity index (χ0) is 41.1. The minimum atomic E-state index is -0.0671. The van der Waals surface area contributed by atoms with Crippen molar-refractivity contribution in [1.82, 2.24) is 0 Å². The molecule has 3 unspecified atom stereocenters. The van der Waals surface area contributed by atoms with Gasteiger partial charge >= 0.3 is 0 Å². The van der Waals surface area contributed by atoms with Crippen molar-refractivity contribution < 1.29 is 0 Å².